The van der Waals surface area contributed by atoms with Gasteiger partial charge >= 0.3 is 0 Å². The Balaban J connectivity index is 1.68. The summed E-state index contributed by atoms with van der Waals surface area (Å²) in [6.45, 7) is 9.51. The third kappa shape index (κ3) is 4.97. The molecule has 5 nitrogen and oxygen atoms in total. The number of allylic oxidation sites excluding steroid dienone is 4. The van der Waals surface area contributed by atoms with E-state index in [1.54, 1.807) is 30.5 Å². The van der Waals surface area contributed by atoms with Crippen molar-refractivity contribution in [1.29, 1.82) is 0 Å². The zero-order valence-corrected chi connectivity index (χ0v) is 18.3. The van der Waals surface area contributed by atoms with Crippen molar-refractivity contribution in [1.82, 2.24) is 15.2 Å². The Morgan fingerprint density at radius 1 is 1.33 bits per heavy atom. The molecule has 0 radical (unpaired) electrons. The predicted molar refractivity (Wildman–Crippen MR) is 115 cm³/mol. The molecule has 2 heterocycles. The van der Waals surface area contributed by atoms with Crippen LogP contribution in [0.5, 0.6) is 0 Å². The number of carbonyl (C=O) groups is 2. The molecule has 162 valence electrons. The van der Waals surface area contributed by atoms with Crippen molar-refractivity contribution in [3.63, 3.8) is 0 Å². The van der Waals surface area contributed by atoms with Crippen LogP contribution in [0.1, 0.15) is 50.9 Å². The van der Waals surface area contributed by atoms with Crippen LogP contribution in [0.4, 0.5) is 4.39 Å². The van der Waals surface area contributed by atoms with Crippen LogP contribution in [0.15, 0.2) is 48.6 Å². The highest BCUT2D eigenvalue weighted by Gasteiger charge is 2.42. The molecular formula is C24H32FN3O2. The summed E-state index contributed by atoms with van der Waals surface area (Å²) >= 11 is 0. The Morgan fingerprint density at radius 2 is 2.10 bits per heavy atom. The highest BCUT2D eigenvalue weighted by molar-refractivity contribution is 5.97. The highest BCUT2D eigenvalue weighted by atomic mass is 19.1. The second-order valence-corrected chi connectivity index (χ2v) is 9.43. The molecule has 1 aliphatic heterocycles. The van der Waals surface area contributed by atoms with Gasteiger partial charge < -0.3 is 10.2 Å². The molecule has 2 aliphatic rings. The summed E-state index contributed by atoms with van der Waals surface area (Å²) in [4.78, 5) is 31.8. The third-order valence-corrected chi connectivity index (χ3v) is 6.37. The maximum atomic E-state index is 13.4. The van der Waals surface area contributed by atoms with Gasteiger partial charge in [-0.2, -0.15) is 0 Å². The first kappa shape index (κ1) is 22.2. The van der Waals surface area contributed by atoms with Gasteiger partial charge in [0.2, 0.25) is 5.91 Å². The van der Waals surface area contributed by atoms with Crippen LogP contribution in [0.25, 0.3) is 0 Å². The van der Waals surface area contributed by atoms with Gasteiger partial charge in [-0.15, -0.1) is 0 Å². The van der Waals surface area contributed by atoms with E-state index in [1.165, 1.54) is 6.20 Å². The fourth-order valence-corrected chi connectivity index (χ4v) is 4.70. The monoisotopic (exact) mass is 413 g/mol. The van der Waals surface area contributed by atoms with Crippen LogP contribution in [0.2, 0.25) is 0 Å². The van der Waals surface area contributed by atoms with Gasteiger partial charge in [0.05, 0.1) is 5.56 Å². The van der Waals surface area contributed by atoms with Crippen LogP contribution in [0, 0.1) is 23.2 Å². The number of piperidine rings is 1. The molecule has 3 rings (SSSR count). The maximum Gasteiger partial charge on any atom is 0.253 e. The Labute approximate surface area is 178 Å². The van der Waals surface area contributed by atoms with E-state index in [4.69, 9.17) is 0 Å². The minimum atomic E-state index is -0.586. The zero-order chi connectivity index (χ0) is 21.9. The topological polar surface area (TPSA) is 62.3 Å². The minimum absolute atomic E-state index is 0.0339. The highest BCUT2D eigenvalue weighted by Crippen LogP contribution is 2.43. The number of amides is 2. The smallest absolute Gasteiger partial charge is 0.253 e. The zero-order valence-electron chi connectivity index (χ0n) is 18.3. The molecular weight excluding hydrogens is 381 g/mol. The number of nitrogens with one attached hydrogen (secondary N) is 1. The molecule has 0 aromatic carbocycles. The third-order valence-electron chi connectivity index (χ3n) is 6.37. The van der Waals surface area contributed by atoms with Crippen LogP contribution < -0.4 is 5.32 Å². The van der Waals surface area contributed by atoms with Crippen molar-refractivity contribution in [3.8, 4) is 0 Å². The summed E-state index contributed by atoms with van der Waals surface area (Å²) in [5, 5.41) is 2.91. The largest absolute Gasteiger partial charge is 0.340 e. The first-order chi connectivity index (χ1) is 14.2. The fourth-order valence-electron chi connectivity index (χ4n) is 4.70. The van der Waals surface area contributed by atoms with Crippen molar-refractivity contribution in [2.24, 2.45) is 23.2 Å². The summed E-state index contributed by atoms with van der Waals surface area (Å²) in [6, 6.07) is 2.81. The molecule has 1 unspecified atom stereocenters. The van der Waals surface area contributed by atoms with E-state index in [1.807, 2.05) is 24.8 Å². The lowest BCUT2D eigenvalue weighted by Crippen LogP contribution is -2.57. The second kappa shape index (κ2) is 9.11. The van der Waals surface area contributed by atoms with Crippen molar-refractivity contribution in [2.45, 2.75) is 46.6 Å². The number of aromatic nitrogens is 1. The van der Waals surface area contributed by atoms with Gasteiger partial charge in [-0.25, -0.2) is 4.39 Å². The number of carbonyl (C=O) groups excluding carboxylic acids is 2. The molecule has 2 amide bonds. The summed E-state index contributed by atoms with van der Waals surface area (Å²) in [7, 11) is 0. The Hall–Kier alpha value is -2.50. The number of pyridine rings is 1. The SMILES string of the molecule is CC(C)[C@@H](NC(=O)c1cccnc1)C(=O)N1CC[C@@H](C2C=CC(F)=CC2)C(C)(C)C1. The van der Waals surface area contributed by atoms with E-state index in [9.17, 15) is 14.0 Å². The average Bonchev–Trinajstić information content (AvgIpc) is 2.72. The minimum Gasteiger partial charge on any atom is -0.340 e. The number of halogens is 1. The Kier molecular flexibility index (Phi) is 6.74. The molecule has 0 spiro atoms. The lowest BCUT2D eigenvalue weighted by molar-refractivity contribution is -0.139. The predicted octanol–water partition coefficient (Wildman–Crippen LogP) is 4.14. The first-order valence-electron chi connectivity index (χ1n) is 10.7. The number of hydrogen-bond acceptors (Lipinski definition) is 3. The molecule has 6 heteroatoms. The van der Waals surface area contributed by atoms with E-state index < -0.39 is 6.04 Å². The van der Waals surface area contributed by atoms with E-state index in [0.717, 1.165) is 6.42 Å². The molecule has 1 N–H and O–H groups in total. The number of hydrogen-bond donors (Lipinski definition) is 1. The van der Waals surface area contributed by atoms with E-state index in [2.05, 4.69) is 24.1 Å². The number of likely N-dealkylation sites (tertiary alicyclic amines) is 1. The van der Waals surface area contributed by atoms with E-state index >= 15 is 0 Å². The second-order valence-electron chi connectivity index (χ2n) is 9.43. The fraction of sp³-hybridized carbons (Fsp3) is 0.542. The summed E-state index contributed by atoms with van der Waals surface area (Å²) < 4.78 is 13.4. The maximum absolute atomic E-state index is 13.4. The Morgan fingerprint density at radius 3 is 2.67 bits per heavy atom. The first-order valence-corrected chi connectivity index (χ1v) is 10.7. The Bertz CT molecular complexity index is 832. The lowest BCUT2D eigenvalue weighted by Gasteiger charge is -2.48. The molecule has 1 aromatic heterocycles. The van der Waals surface area contributed by atoms with Gasteiger partial charge in [0, 0.05) is 25.5 Å². The number of rotatable bonds is 5. The van der Waals surface area contributed by atoms with Gasteiger partial charge in [0.1, 0.15) is 11.9 Å². The summed E-state index contributed by atoms with van der Waals surface area (Å²) in [5.74, 6) is 0.145. The molecule has 1 fully saturated rings. The van der Waals surface area contributed by atoms with Gasteiger partial charge in [-0.3, -0.25) is 14.6 Å². The van der Waals surface area contributed by atoms with Crippen molar-refractivity contribution in [2.75, 3.05) is 13.1 Å². The number of nitrogens with zero attached hydrogens (tertiary/aromatic N) is 2. The average molecular weight is 414 g/mol. The summed E-state index contributed by atoms with van der Waals surface area (Å²) in [5.41, 5.74) is 0.346. The standard InChI is InChI=1S/C24H32FN3O2/c1-16(2)21(27-22(29)18-6-5-12-26-14-18)23(30)28-13-11-20(24(3,4)15-28)17-7-9-19(25)10-8-17/h5-7,9-10,12,14,16-17,20-21H,8,11,13,15H2,1-4H3,(H,27,29)/t17?,20-,21+/m0/s1. The quantitative estimate of drug-likeness (QED) is 0.789. The van der Waals surface area contributed by atoms with Crippen LogP contribution >= 0.6 is 0 Å². The molecule has 1 aromatic rings. The molecule has 1 saturated heterocycles. The van der Waals surface area contributed by atoms with E-state index in [0.29, 0.717) is 36.9 Å². The molecule has 0 bridgehead atoms. The van der Waals surface area contributed by atoms with E-state index in [-0.39, 0.29) is 29.0 Å². The molecule has 1 aliphatic carbocycles. The van der Waals surface area contributed by atoms with Crippen molar-refractivity contribution in [3.05, 3.63) is 54.1 Å². The van der Waals surface area contributed by atoms with Crippen molar-refractivity contribution >= 4 is 11.8 Å². The molecule has 30 heavy (non-hydrogen) atoms. The normalized spacial score (nSPS) is 24.3. The van der Waals surface area contributed by atoms with Crippen LogP contribution in [-0.4, -0.2) is 40.8 Å². The molecule has 0 saturated carbocycles. The molecule has 3 atom stereocenters. The summed E-state index contributed by atoms with van der Waals surface area (Å²) in [6.07, 6.45) is 9.88. The van der Waals surface area contributed by atoms with Crippen LogP contribution in [-0.2, 0) is 4.79 Å². The lowest BCUT2D eigenvalue weighted by atomic mass is 9.66. The van der Waals surface area contributed by atoms with Gasteiger partial charge in [0.25, 0.3) is 5.91 Å². The van der Waals surface area contributed by atoms with Gasteiger partial charge in [-0.1, -0.05) is 33.8 Å². The van der Waals surface area contributed by atoms with Gasteiger partial charge in [-0.05, 0) is 60.3 Å². The van der Waals surface area contributed by atoms with Gasteiger partial charge in [0.15, 0.2) is 0 Å². The van der Waals surface area contributed by atoms with Crippen molar-refractivity contribution < 1.29 is 14.0 Å². The van der Waals surface area contributed by atoms with Crippen LogP contribution in [0.3, 0.4) is 0 Å².